The van der Waals surface area contributed by atoms with Gasteiger partial charge in [-0.3, -0.25) is 9.58 Å². The van der Waals surface area contributed by atoms with Crippen molar-refractivity contribution in [3.63, 3.8) is 0 Å². The average Bonchev–Trinajstić information content (AvgIpc) is 3.01. The molecular weight excluding hydrogens is 359 g/mol. The van der Waals surface area contributed by atoms with Crippen LogP contribution in [0.5, 0.6) is 0 Å². The molecule has 3 heterocycles. The molecule has 0 bridgehead atoms. The quantitative estimate of drug-likeness (QED) is 0.858. The predicted octanol–water partition coefficient (Wildman–Crippen LogP) is 1.48. The second kappa shape index (κ2) is 6.55. The highest BCUT2D eigenvalue weighted by molar-refractivity contribution is 7.91. The van der Waals surface area contributed by atoms with Gasteiger partial charge in [-0.05, 0) is 38.3 Å². The first-order chi connectivity index (χ1) is 11.6. The Bertz CT molecular complexity index is 703. The second-order valence-electron chi connectivity index (χ2n) is 7.09. The molecule has 0 spiro atoms. The summed E-state index contributed by atoms with van der Waals surface area (Å²) in [5.74, 6) is -0.0380. The topological polar surface area (TPSA) is 75.4 Å². The van der Waals surface area contributed by atoms with Crippen LogP contribution < -0.4 is 0 Å². The summed E-state index contributed by atoms with van der Waals surface area (Å²) in [5.41, 5.74) is -1.95. The van der Waals surface area contributed by atoms with E-state index < -0.39 is 27.3 Å². The van der Waals surface area contributed by atoms with Crippen LogP contribution in [0.25, 0.3) is 0 Å². The van der Waals surface area contributed by atoms with E-state index in [9.17, 15) is 26.7 Å². The lowest BCUT2D eigenvalue weighted by atomic mass is 9.94. The van der Waals surface area contributed by atoms with Gasteiger partial charge in [0.15, 0.2) is 15.5 Å². The summed E-state index contributed by atoms with van der Waals surface area (Å²) < 4.78 is 62.5. The number of hydrogen-bond acceptors (Lipinski definition) is 5. The molecule has 10 heteroatoms. The smallest absolute Gasteiger partial charge is 0.388 e. The van der Waals surface area contributed by atoms with Crippen molar-refractivity contribution >= 4 is 9.84 Å². The standard InChI is InChI=1S/C15H22F3N3O3S/c16-15(17,18)13-3-7-21(19-13)12-2-1-6-20(10-12)11-14(22)4-8-25(23,24)9-5-14/h3,7,12,22H,1-2,4-6,8-11H2. The first kappa shape index (κ1) is 18.7. The predicted molar refractivity (Wildman–Crippen MR) is 84.8 cm³/mol. The number of rotatable bonds is 3. The van der Waals surface area contributed by atoms with Crippen molar-refractivity contribution in [1.29, 1.82) is 0 Å². The van der Waals surface area contributed by atoms with Gasteiger partial charge in [0.05, 0.1) is 23.1 Å². The fraction of sp³-hybridized carbons (Fsp3) is 0.800. The summed E-state index contributed by atoms with van der Waals surface area (Å²) in [4.78, 5) is 2.00. The van der Waals surface area contributed by atoms with Crippen LogP contribution in [0.2, 0.25) is 0 Å². The van der Waals surface area contributed by atoms with Crippen molar-refractivity contribution in [3.8, 4) is 0 Å². The fourth-order valence-electron chi connectivity index (χ4n) is 3.58. The Balaban J connectivity index is 1.63. The number of β-amino-alcohol motifs (C(OH)–C–C–N with tert-alkyl or cyclic N) is 1. The van der Waals surface area contributed by atoms with Gasteiger partial charge in [0.25, 0.3) is 0 Å². The lowest BCUT2D eigenvalue weighted by Gasteiger charge is -2.40. The molecule has 0 aromatic carbocycles. The first-order valence-corrected chi connectivity index (χ1v) is 10.2. The summed E-state index contributed by atoms with van der Waals surface area (Å²) in [5, 5.41) is 14.3. The van der Waals surface area contributed by atoms with Gasteiger partial charge in [-0.25, -0.2) is 8.42 Å². The number of halogens is 3. The number of alkyl halides is 3. The highest BCUT2D eigenvalue weighted by Crippen LogP contribution is 2.31. The lowest BCUT2D eigenvalue weighted by molar-refractivity contribution is -0.141. The first-order valence-electron chi connectivity index (χ1n) is 8.34. The molecule has 0 radical (unpaired) electrons. The van der Waals surface area contributed by atoms with E-state index >= 15 is 0 Å². The van der Waals surface area contributed by atoms with E-state index in [1.165, 1.54) is 10.9 Å². The Morgan fingerprint density at radius 2 is 2.00 bits per heavy atom. The molecule has 2 fully saturated rings. The third-order valence-electron chi connectivity index (χ3n) is 5.03. The molecule has 1 aromatic heterocycles. The minimum absolute atomic E-state index is 0.0190. The number of sulfone groups is 1. The monoisotopic (exact) mass is 381 g/mol. The molecule has 1 aromatic rings. The summed E-state index contributed by atoms with van der Waals surface area (Å²) >= 11 is 0. The van der Waals surface area contributed by atoms with Crippen LogP contribution in [-0.4, -0.2) is 64.9 Å². The van der Waals surface area contributed by atoms with Crippen molar-refractivity contribution in [2.24, 2.45) is 0 Å². The third kappa shape index (κ3) is 4.53. The summed E-state index contributed by atoms with van der Waals surface area (Å²) in [6.45, 7) is 1.57. The molecule has 142 valence electrons. The zero-order chi connectivity index (χ0) is 18.3. The Morgan fingerprint density at radius 3 is 2.60 bits per heavy atom. The Morgan fingerprint density at radius 1 is 1.32 bits per heavy atom. The fourth-order valence-corrected chi connectivity index (χ4v) is 5.16. The maximum atomic E-state index is 12.7. The van der Waals surface area contributed by atoms with Gasteiger partial charge in [-0.1, -0.05) is 0 Å². The average molecular weight is 381 g/mol. The van der Waals surface area contributed by atoms with Gasteiger partial charge in [-0.15, -0.1) is 0 Å². The van der Waals surface area contributed by atoms with E-state index in [2.05, 4.69) is 5.10 Å². The van der Waals surface area contributed by atoms with Gasteiger partial charge in [-0.2, -0.15) is 18.3 Å². The van der Waals surface area contributed by atoms with Gasteiger partial charge in [0, 0.05) is 19.3 Å². The van der Waals surface area contributed by atoms with Gasteiger partial charge in [0.1, 0.15) is 0 Å². The second-order valence-corrected chi connectivity index (χ2v) is 9.39. The van der Waals surface area contributed by atoms with E-state index in [1.54, 1.807) is 0 Å². The highest BCUT2D eigenvalue weighted by Gasteiger charge is 2.38. The Kier molecular flexibility index (Phi) is 4.89. The lowest BCUT2D eigenvalue weighted by Crippen LogP contribution is -2.50. The minimum Gasteiger partial charge on any atom is -0.388 e. The zero-order valence-electron chi connectivity index (χ0n) is 13.7. The van der Waals surface area contributed by atoms with E-state index in [-0.39, 0.29) is 30.4 Å². The molecule has 2 aliphatic rings. The van der Waals surface area contributed by atoms with Crippen molar-refractivity contribution in [2.75, 3.05) is 31.1 Å². The van der Waals surface area contributed by atoms with Crippen LogP contribution in [-0.2, 0) is 16.0 Å². The van der Waals surface area contributed by atoms with Crippen LogP contribution >= 0.6 is 0 Å². The third-order valence-corrected chi connectivity index (χ3v) is 6.68. The maximum absolute atomic E-state index is 12.7. The SMILES string of the molecule is O=S1(=O)CCC(O)(CN2CCCC(n3ccc(C(F)(F)F)n3)C2)CC1. The number of nitrogens with zero attached hydrogens (tertiary/aromatic N) is 3. The van der Waals surface area contributed by atoms with Gasteiger partial charge in [0.2, 0.25) is 0 Å². The van der Waals surface area contributed by atoms with Crippen LogP contribution in [0, 0.1) is 0 Å². The normalized spacial score (nSPS) is 27.3. The van der Waals surface area contributed by atoms with E-state index in [4.69, 9.17) is 0 Å². The number of likely N-dealkylation sites (tertiary alicyclic amines) is 1. The Hall–Kier alpha value is -1.13. The molecule has 0 amide bonds. The molecule has 0 aliphatic carbocycles. The molecule has 2 aliphatic heterocycles. The number of aliphatic hydroxyl groups is 1. The maximum Gasteiger partial charge on any atom is 0.435 e. The minimum atomic E-state index is -4.46. The van der Waals surface area contributed by atoms with Crippen LogP contribution in [0.15, 0.2) is 12.3 Å². The van der Waals surface area contributed by atoms with Crippen molar-refractivity contribution in [1.82, 2.24) is 14.7 Å². The molecule has 1 unspecified atom stereocenters. The van der Waals surface area contributed by atoms with Crippen molar-refractivity contribution in [3.05, 3.63) is 18.0 Å². The van der Waals surface area contributed by atoms with Crippen molar-refractivity contribution in [2.45, 2.75) is 43.5 Å². The molecule has 2 saturated heterocycles. The van der Waals surface area contributed by atoms with Gasteiger partial charge < -0.3 is 5.11 Å². The van der Waals surface area contributed by atoms with Crippen LogP contribution in [0.4, 0.5) is 13.2 Å². The molecule has 1 N–H and O–H groups in total. The summed E-state index contributed by atoms with van der Waals surface area (Å²) in [7, 11) is -3.06. The van der Waals surface area contributed by atoms with Crippen molar-refractivity contribution < 1.29 is 26.7 Å². The molecule has 3 rings (SSSR count). The largest absolute Gasteiger partial charge is 0.435 e. The number of aromatic nitrogens is 2. The highest BCUT2D eigenvalue weighted by atomic mass is 32.2. The molecule has 0 saturated carbocycles. The van der Waals surface area contributed by atoms with Crippen LogP contribution in [0.1, 0.15) is 37.4 Å². The van der Waals surface area contributed by atoms with Crippen LogP contribution in [0.3, 0.4) is 0 Å². The van der Waals surface area contributed by atoms with E-state index in [0.717, 1.165) is 25.5 Å². The van der Waals surface area contributed by atoms with E-state index in [0.29, 0.717) is 13.1 Å². The molecule has 25 heavy (non-hydrogen) atoms. The number of piperidine rings is 1. The van der Waals surface area contributed by atoms with E-state index in [1.807, 2.05) is 4.90 Å². The summed E-state index contributed by atoms with van der Waals surface area (Å²) in [6.07, 6.45) is -1.18. The summed E-state index contributed by atoms with van der Waals surface area (Å²) in [6, 6.07) is 0.791. The number of hydrogen-bond donors (Lipinski definition) is 1. The van der Waals surface area contributed by atoms with Gasteiger partial charge >= 0.3 is 6.18 Å². The zero-order valence-corrected chi connectivity index (χ0v) is 14.6. The molecule has 6 nitrogen and oxygen atoms in total. The molecular formula is C15H22F3N3O3S. The Labute approximate surface area is 144 Å². The molecule has 1 atom stereocenters.